The SMILES string of the molecule is CCc1ccc(CCCN2C(=O)CC3(C)CCCC=C23)o1. The molecule has 1 aromatic rings. The average molecular weight is 287 g/mol. The Morgan fingerprint density at radius 1 is 1.33 bits per heavy atom. The van der Waals surface area contributed by atoms with E-state index in [0.29, 0.717) is 12.3 Å². The van der Waals surface area contributed by atoms with Gasteiger partial charge in [-0.15, -0.1) is 0 Å². The first-order chi connectivity index (χ1) is 10.1. The molecule has 1 aliphatic carbocycles. The molecular formula is C18H25NO2. The molecule has 0 N–H and O–H groups in total. The van der Waals surface area contributed by atoms with Gasteiger partial charge in [0.2, 0.25) is 5.91 Å². The van der Waals surface area contributed by atoms with Crippen molar-refractivity contribution in [2.45, 2.75) is 58.8 Å². The van der Waals surface area contributed by atoms with Crippen LogP contribution in [0.15, 0.2) is 28.3 Å². The highest BCUT2D eigenvalue weighted by atomic mass is 16.3. The van der Waals surface area contributed by atoms with Crippen molar-refractivity contribution < 1.29 is 9.21 Å². The van der Waals surface area contributed by atoms with E-state index in [9.17, 15) is 4.79 Å². The minimum atomic E-state index is 0.107. The van der Waals surface area contributed by atoms with Crippen molar-refractivity contribution in [3.05, 3.63) is 35.4 Å². The maximum Gasteiger partial charge on any atom is 0.227 e. The predicted octanol–water partition coefficient (Wildman–Crippen LogP) is 4.08. The zero-order valence-electron chi connectivity index (χ0n) is 13.2. The molecule has 1 amide bonds. The van der Waals surface area contributed by atoms with Gasteiger partial charge in [0.1, 0.15) is 11.5 Å². The fraction of sp³-hybridized carbons (Fsp3) is 0.611. The first-order valence-electron chi connectivity index (χ1n) is 8.21. The first-order valence-corrected chi connectivity index (χ1v) is 8.21. The van der Waals surface area contributed by atoms with Crippen LogP contribution in [0.25, 0.3) is 0 Å². The predicted molar refractivity (Wildman–Crippen MR) is 82.8 cm³/mol. The fourth-order valence-electron chi connectivity index (χ4n) is 3.69. The highest BCUT2D eigenvalue weighted by Crippen LogP contribution is 2.47. The van der Waals surface area contributed by atoms with Crippen molar-refractivity contribution in [3.63, 3.8) is 0 Å². The monoisotopic (exact) mass is 287 g/mol. The van der Waals surface area contributed by atoms with Gasteiger partial charge in [-0.2, -0.15) is 0 Å². The number of rotatable bonds is 5. The van der Waals surface area contributed by atoms with Gasteiger partial charge in [-0.1, -0.05) is 19.9 Å². The number of hydrogen-bond donors (Lipinski definition) is 0. The molecule has 3 nitrogen and oxygen atoms in total. The molecule has 21 heavy (non-hydrogen) atoms. The van der Waals surface area contributed by atoms with Crippen molar-refractivity contribution in [2.24, 2.45) is 5.41 Å². The molecule has 0 spiro atoms. The lowest BCUT2D eigenvalue weighted by Crippen LogP contribution is -2.28. The molecule has 1 aromatic heterocycles. The van der Waals surface area contributed by atoms with Gasteiger partial charge in [0.05, 0.1) is 0 Å². The quantitative estimate of drug-likeness (QED) is 0.817. The molecule has 2 aliphatic rings. The zero-order valence-corrected chi connectivity index (χ0v) is 13.2. The lowest BCUT2D eigenvalue weighted by atomic mass is 9.77. The summed E-state index contributed by atoms with van der Waals surface area (Å²) in [4.78, 5) is 14.3. The van der Waals surface area contributed by atoms with E-state index in [1.165, 1.54) is 12.1 Å². The summed E-state index contributed by atoms with van der Waals surface area (Å²) in [6.07, 6.45) is 9.29. The minimum Gasteiger partial charge on any atom is -0.466 e. The largest absolute Gasteiger partial charge is 0.466 e. The highest BCUT2D eigenvalue weighted by molar-refractivity contribution is 5.83. The van der Waals surface area contributed by atoms with Gasteiger partial charge in [0.15, 0.2) is 0 Å². The second-order valence-electron chi connectivity index (χ2n) is 6.59. The van der Waals surface area contributed by atoms with Crippen LogP contribution in [0.5, 0.6) is 0 Å². The fourth-order valence-corrected chi connectivity index (χ4v) is 3.69. The molecule has 1 saturated heterocycles. The number of aryl methyl sites for hydroxylation is 2. The third kappa shape index (κ3) is 2.78. The van der Waals surface area contributed by atoms with E-state index in [1.54, 1.807) is 0 Å². The van der Waals surface area contributed by atoms with E-state index in [1.807, 2.05) is 4.90 Å². The molecule has 0 bridgehead atoms. The molecule has 1 atom stereocenters. The van der Waals surface area contributed by atoms with Crippen molar-refractivity contribution in [2.75, 3.05) is 6.54 Å². The third-order valence-corrected chi connectivity index (χ3v) is 4.89. The topological polar surface area (TPSA) is 33.5 Å². The Balaban J connectivity index is 1.60. The van der Waals surface area contributed by atoms with Crippen molar-refractivity contribution in [3.8, 4) is 0 Å². The third-order valence-electron chi connectivity index (χ3n) is 4.89. The van der Waals surface area contributed by atoms with E-state index in [0.717, 1.165) is 50.2 Å². The summed E-state index contributed by atoms with van der Waals surface area (Å²) in [7, 11) is 0. The van der Waals surface area contributed by atoms with Gasteiger partial charge in [-0.3, -0.25) is 4.79 Å². The van der Waals surface area contributed by atoms with Crippen LogP contribution in [0.1, 0.15) is 57.5 Å². The number of allylic oxidation sites excluding steroid dienone is 2. The van der Waals surface area contributed by atoms with Gasteiger partial charge in [0.25, 0.3) is 0 Å². The molecule has 2 heterocycles. The van der Waals surface area contributed by atoms with Crippen LogP contribution < -0.4 is 0 Å². The molecule has 0 radical (unpaired) electrons. The summed E-state index contributed by atoms with van der Waals surface area (Å²) in [5.41, 5.74) is 1.39. The molecule has 1 fully saturated rings. The van der Waals surface area contributed by atoms with Gasteiger partial charge in [0, 0.05) is 36.9 Å². The Bertz CT molecular complexity index is 557. The lowest BCUT2D eigenvalue weighted by Gasteiger charge is -2.31. The number of nitrogens with zero attached hydrogens (tertiary/aromatic N) is 1. The van der Waals surface area contributed by atoms with Crippen LogP contribution in [-0.2, 0) is 17.6 Å². The number of amides is 1. The Morgan fingerprint density at radius 2 is 2.14 bits per heavy atom. The number of carbonyl (C=O) groups excluding carboxylic acids is 1. The van der Waals surface area contributed by atoms with E-state index in [2.05, 4.69) is 32.1 Å². The second kappa shape index (κ2) is 5.70. The zero-order chi connectivity index (χ0) is 14.9. The van der Waals surface area contributed by atoms with Gasteiger partial charge in [-0.05, 0) is 37.8 Å². The summed E-state index contributed by atoms with van der Waals surface area (Å²) >= 11 is 0. The van der Waals surface area contributed by atoms with Crippen LogP contribution in [0, 0.1) is 5.41 Å². The number of likely N-dealkylation sites (tertiary alicyclic amines) is 1. The Labute approximate surface area is 127 Å². The summed E-state index contributed by atoms with van der Waals surface area (Å²) in [5, 5.41) is 0. The standard InChI is InChI=1S/C18H25NO2/c1-3-14-9-10-15(21-14)7-6-12-19-16-8-4-5-11-18(16,2)13-17(19)20/h8-10H,3-7,11-13H2,1-2H3. The summed E-state index contributed by atoms with van der Waals surface area (Å²) < 4.78 is 5.73. The second-order valence-corrected chi connectivity index (χ2v) is 6.59. The maximum atomic E-state index is 12.3. The van der Waals surface area contributed by atoms with Crippen molar-refractivity contribution >= 4 is 5.91 Å². The molecule has 3 heteroatoms. The summed E-state index contributed by atoms with van der Waals surface area (Å²) in [6.45, 7) is 5.17. The van der Waals surface area contributed by atoms with Crippen LogP contribution in [0.4, 0.5) is 0 Å². The molecule has 0 aromatic carbocycles. The normalized spacial score (nSPS) is 25.1. The highest BCUT2D eigenvalue weighted by Gasteiger charge is 2.44. The Kier molecular flexibility index (Phi) is 3.92. The lowest BCUT2D eigenvalue weighted by molar-refractivity contribution is -0.127. The number of hydrogen-bond acceptors (Lipinski definition) is 2. The van der Waals surface area contributed by atoms with Crippen LogP contribution in [-0.4, -0.2) is 17.4 Å². The molecule has 1 unspecified atom stereocenters. The summed E-state index contributed by atoms with van der Waals surface area (Å²) in [6, 6.07) is 4.12. The van der Waals surface area contributed by atoms with Gasteiger partial charge < -0.3 is 9.32 Å². The first kappa shape index (κ1) is 14.4. The minimum absolute atomic E-state index is 0.107. The van der Waals surface area contributed by atoms with Gasteiger partial charge in [-0.25, -0.2) is 0 Å². The van der Waals surface area contributed by atoms with Gasteiger partial charge >= 0.3 is 0 Å². The summed E-state index contributed by atoms with van der Waals surface area (Å²) in [5.74, 6) is 2.39. The molecular weight excluding hydrogens is 262 g/mol. The Morgan fingerprint density at radius 3 is 2.90 bits per heavy atom. The molecule has 0 saturated carbocycles. The number of fused-ring (bicyclic) bond motifs is 1. The molecule has 1 aliphatic heterocycles. The number of furan rings is 1. The molecule has 114 valence electrons. The van der Waals surface area contributed by atoms with Crippen LogP contribution in [0.2, 0.25) is 0 Å². The van der Waals surface area contributed by atoms with Crippen LogP contribution >= 0.6 is 0 Å². The van der Waals surface area contributed by atoms with E-state index < -0.39 is 0 Å². The van der Waals surface area contributed by atoms with Crippen molar-refractivity contribution in [1.29, 1.82) is 0 Å². The van der Waals surface area contributed by atoms with E-state index >= 15 is 0 Å². The Hall–Kier alpha value is -1.51. The smallest absolute Gasteiger partial charge is 0.227 e. The van der Waals surface area contributed by atoms with E-state index in [-0.39, 0.29) is 5.41 Å². The molecule has 3 rings (SSSR count). The van der Waals surface area contributed by atoms with E-state index in [4.69, 9.17) is 4.42 Å². The maximum absolute atomic E-state index is 12.3. The number of carbonyl (C=O) groups is 1. The van der Waals surface area contributed by atoms with Crippen molar-refractivity contribution in [1.82, 2.24) is 4.90 Å². The van der Waals surface area contributed by atoms with Crippen LogP contribution in [0.3, 0.4) is 0 Å². The average Bonchev–Trinajstić information content (AvgIpc) is 3.01.